The predicted octanol–water partition coefficient (Wildman–Crippen LogP) is 3.96. The molecular formula is C26H29FN6O2. The van der Waals surface area contributed by atoms with Crippen molar-refractivity contribution >= 4 is 39.0 Å². The van der Waals surface area contributed by atoms with Gasteiger partial charge in [0.1, 0.15) is 24.0 Å². The quantitative estimate of drug-likeness (QED) is 0.415. The summed E-state index contributed by atoms with van der Waals surface area (Å²) in [5.74, 6) is 0.654. The Balaban J connectivity index is 1.58. The summed E-state index contributed by atoms with van der Waals surface area (Å²) >= 11 is 0. The summed E-state index contributed by atoms with van der Waals surface area (Å²) in [6.45, 7) is 5.58. The number of fused-ring (bicyclic) bond motifs is 2. The van der Waals surface area contributed by atoms with E-state index in [0.29, 0.717) is 58.7 Å². The Hall–Kier alpha value is -3.56. The molecule has 1 saturated heterocycles. The average molecular weight is 477 g/mol. The third-order valence-electron chi connectivity index (χ3n) is 6.04. The maximum atomic E-state index is 15.3. The molecule has 5 rings (SSSR count). The standard InChI is InChI=1S/C26H29FN6O2/c1-16(12-32(3)4)35-22-11-17(33-13-26(2,34)14-33)10-21-23(22)25(30-15-29-21)31-20-8-7-19-18(24(20)27)6-5-9-28-19/h5-11,15-16,34H,12-14H2,1-4H3,(H,29,30,31)/t16-/m1/s1. The molecule has 2 aromatic heterocycles. The van der Waals surface area contributed by atoms with Crippen LogP contribution in [0.25, 0.3) is 21.8 Å². The lowest BCUT2D eigenvalue weighted by Gasteiger charge is -2.45. The van der Waals surface area contributed by atoms with Gasteiger partial charge in [-0.05, 0) is 58.3 Å². The first kappa shape index (κ1) is 23.2. The number of aromatic nitrogens is 3. The summed E-state index contributed by atoms with van der Waals surface area (Å²) in [5.41, 5.74) is 1.74. The Kier molecular flexibility index (Phi) is 5.90. The van der Waals surface area contributed by atoms with Gasteiger partial charge in [-0.2, -0.15) is 0 Å². The van der Waals surface area contributed by atoms with Crippen LogP contribution in [0.3, 0.4) is 0 Å². The second-order valence-electron chi connectivity index (χ2n) is 9.73. The lowest BCUT2D eigenvalue weighted by atomic mass is 9.96. The predicted molar refractivity (Wildman–Crippen MR) is 136 cm³/mol. The summed E-state index contributed by atoms with van der Waals surface area (Å²) in [6.07, 6.45) is 2.98. The zero-order valence-electron chi connectivity index (χ0n) is 20.3. The summed E-state index contributed by atoms with van der Waals surface area (Å²) < 4.78 is 21.7. The fourth-order valence-electron chi connectivity index (χ4n) is 4.58. The highest BCUT2D eigenvalue weighted by atomic mass is 19.1. The highest BCUT2D eigenvalue weighted by Crippen LogP contribution is 2.39. The third kappa shape index (κ3) is 4.69. The van der Waals surface area contributed by atoms with Crippen LogP contribution in [0.15, 0.2) is 48.9 Å². The maximum absolute atomic E-state index is 15.3. The van der Waals surface area contributed by atoms with Gasteiger partial charge in [0.2, 0.25) is 0 Å². The van der Waals surface area contributed by atoms with Crippen LogP contribution in [-0.4, -0.2) is 70.4 Å². The summed E-state index contributed by atoms with van der Waals surface area (Å²) in [4.78, 5) is 17.3. The van der Waals surface area contributed by atoms with E-state index in [0.717, 1.165) is 5.69 Å². The summed E-state index contributed by atoms with van der Waals surface area (Å²) in [5, 5.41) is 14.5. The van der Waals surface area contributed by atoms with Gasteiger partial charge in [-0.25, -0.2) is 14.4 Å². The van der Waals surface area contributed by atoms with Crippen molar-refractivity contribution in [2.24, 2.45) is 0 Å². The third-order valence-corrected chi connectivity index (χ3v) is 6.04. The summed E-state index contributed by atoms with van der Waals surface area (Å²) in [6, 6.07) is 10.7. The van der Waals surface area contributed by atoms with Gasteiger partial charge < -0.3 is 25.0 Å². The van der Waals surface area contributed by atoms with E-state index < -0.39 is 11.4 Å². The van der Waals surface area contributed by atoms with Gasteiger partial charge in [0.15, 0.2) is 5.82 Å². The van der Waals surface area contributed by atoms with Crippen molar-refractivity contribution < 1.29 is 14.2 Å². The van der Waals surface area contributed by atoms with Crippen LogP contribution in [-0.2, 0) is 0 Å². The molecule has 0 bridgehead atoms. The van der Waals surface area contributed by atoms with Crippen LogP contribution in [0, 0.1) is 5.82 Å². The van der Waals surface area contributed by atoms with Crippen molar-refractivity contribution in [1.82, 2.24) is 19.9 Å². The van der Waals surface area contributed by atoms with E-state index in [1.165, 1.54) is 6.33 Å². The fraction of sp³-hybridized carbons (Fsp3) is 0.346. The van der Waals surface area contributed by atoms with Crippen molar-refractivity contribution in [3.05, 3.63) is 54.7 Å². The van der Waals surface area contributed by atoms with Gasteiger partial charge in [0.25, 0.3) is 0 Å². The van der Waals surface area contributed by atoms with Crippen LogP contribution in [0.5, 0.6) is 5.75 Å². The highest BCUT2D eigenvalue weighted by Gasteiger charge is 2.37. The molecule has 0 spiro atoms. The molecule has 3 heterocycles. The van der Waals surface area contributed by atoms with Crippen molar-refractivity contribution in [2.45, 2.75) is 25.6 Å². The number of hydrogen-bond acceptors (Lipinski definition) is 8. The van der Waals surface area contributed by atoms with E-state index in [-0.39, 0.29) is 6.10 Å². The Morgan fingerprint density at radius 1 is 1.17 bits per heavy atom. The molecule has 8 nitrogen and oxygen atoms in total. The molecule has 0 amide bonds. The normalized spacial score (nSPS) is 15.9. The molecular weight excluding hydrogens is 447 g/mol. The molecule has 2 aromatic carbocycles. The Morgan fingerprint density at radius 2 is 1.97 bits per heavy atom. The Bertz CT molecular complexity index is 1390. The van der Waals surface area contributed by atoms with E-state index in [1.807, 2.05) is 40.1 Å². The van der Waals surface area contributed by atoms with E-state index in [2.05, 4.69) is 30.1 Å². The number of rotatable bonds is 7. The van der Waals surface area contributed by atoms with Gasteiger partial charge in [0, 0.05) is 43.0 Å². The minimum Gasteiger partial charge on any atom is -0.488 e. The largest absolute Gasteiger partial charge is 0.488 e. The van der Waals surface area contributed by atoms with E-state index >= 15 is 4.39 Å². The molecule has 1 aliphatic heterocycles. The Labute approximate surface area is 203 Å². The molecule has 1 atom stereocenters. The van der Waals surface area contributed by atoms with Crippen LogP contribution in [0.4, 0.5) is 21.6 Å². The molecule has 0 saturated carbocycles. The number of nitrogens with zero attached hydrogens (tertiary/aromatic N) is 5. The number of aliphatic hydroxyl groups is 1. The van der Waals surface area contributed by atoms with E-state index in [9.17, 15) is 5.11 Å². The monoisotopic (exact) mass is 476 g/mol. The summed E-state index contributed by atoms with van der Waals surface area (Å²) in [7, 11) is 3.98. The molecule has 1 fully saturated rings. The zero-order valence-corrected chi connectivity index (χ0v) is 20.3. The first-order valence-electron chi connectivity index (χ1n) is 11.6. The molecule has 182 valence electrons. The molecule has 2 N–H and O–H groups in total. The van der Waals surface area contributed by atoms with Gasteiger partial charge >= 0.3 is 0 Å². The number of β-amino-alcohol motifs (C(OH)–C–C–N with tert-alkyl or cyclic N) is 1. The van der Waals surface area contributed by atoms with Crippen LogP contribution in [0.2, 0.25) is 0 Å². The number of hydrogen-bond donors (Lipinski definition) is 2. The van der Waals surface area contributed by atoms with Crippen molar-refractivity contribution in [3.8, 4) is 5.75 Å². The van der Waals surface area contributed by atoms with Crippen molar-refractivity contribution in [3.63, 3.8) is 0 Å². The number of nitrogens with one attached hydrogen (secondary N) is 1. The van der Waals surface area contributed by atoms with Crippen molar-refractivity contribution in [2.75, 3.05) is 43.9 Å². The second-order valence-corrected chi connectivity index (χ2v) is 9.73. The smallest absolute Gasteiger partial charge is 0.156 e. The lowest BCUT2D eigenvalue weighted by molar-refractivity contribution is 0.0310. The number of anilines is 3. The van der Waals surface area contributed by atoms with E-state index in [4.69, 9.17) is 4.74 Å². The highest BCUT2D eigenvalue weighted by molar-refractivity contribution is 5.98. The topological polar surface area (TPSA) is 86.6 Å². The zero-order chi connectivity index (χ0) is 24.7. The first-order chi connectivity index (χ1) is 16.7. The minimum atomic E-state index is -0.713. The number of benzene rings is 2. The van der Waals surface area contributed by atoms with Crippen LogP contribution < -0.4 is 15.0 Å². The van der Waals surface area contributed by atoms with Gasteiger partial charge in [-0.3, -0.25) is 4.98 Å². The number of ether oxygens (including phenoxy) is 1. The molecule has 0 unspecified atom stereocenters. The number of pyridine rings is 1. The lowest BCUT2D eigenvalue weighted by Crippen LogP contribution is -2.60. The number of likely N-dealkylation sites (N-methyl/N-ethyl adjacent to an activating group) is 1. The van der Waals surface area contributed by atoms with Gasteiger partial charge in [0.05, 0.1) is 27.7 Å². The molecule has 4 aromatic rings. The Morgan fingerprint density at radius 3 is 2.71 bits per heavy atom. The maximum Gasteiger partial charge on any atom is 0.156 e. The molecule has 1 aliphatic rings. The van der Waals surface area contributed by atoms with Crippen LogP contribution >= 0.6 is 0 Å². The second kappa shape index (κ2) is 8.90. The first-order valence-corrected chi connectivity index (χ1v) is 11.6. The minimum absolute atomic E-state index is 0.112. The van der Waals surface area contributed by atoms with Crippen molar-refractivity contribution in [1.29, 1.82) is 0 Å². The van der Waals surface area contributed by atoms with Crippen LogP contribution in [0.1, 0.15) is 13.8 Å². The van der Waals surface area contributed by atoms with Gasteiger partial charge in [-0.1, -0.05) is 0 Å². The fourth-order valence-corrected chi connectivity index (χ4v) is 4.58. The molecule has 9 heteroatoms. The SMILES string of the molecule is C[C@H](CN(C)C)Oc1cc(N2CC(C)(O)C2)cc2ncnc(Nc3ccc4ncccc4c3F)c12. The molecule has 0 radical (unpaired) electrons. The van der Waals surface area contributed by atoms with Gasteiger partial charge in [-0.15, -0.1) is 0 Å². The van der Waals surface area contributed by atoms with E-state index in [1.54, 1.807) is 30.5 Å². The molecule has 35 heavy (non-hydrogen) atoms. The average Bonchev–Trinajstić information content (AvgIpc) is 2.78. The number of halogens is 1. The molecule has 0 aliphatic carbocycles.